The largest absolute Gasteiger partial charge is 0.494 e. The van der Waals surface area contributed by atoms with Crippen LogP contribution in [0.2, 0.25) is 0 Å². The van der Waals surface area contributed by atoms with E-state index in [1.54, 1.807) is 11.3 Å². The highest BCUT2D eigenvalue weighted by Gasteiger charge is 2.14. The zero-order chi connectivity index (χ0) is 18.2. The van der Waals surface area contributed by atoms with Crippen molar-refractivity contribution in [1.82, 2.24) is 0 Å². The number of non-ortho nitro benzene ring substituents is 1. The van der Waals surface area contributed by atoms with Crippen LogP contribution in [0.5, 0.6) is 5.75 Å². The average Bonchev–Trinajstić information content (AvgIpc) is 3.11. The van der Waals surface area contributed by atoms with E-state index in [2.05, 4.69) is 5.32 Å². The number of nitrogens with one attached hydrogen (secondary N) is 1. The van der Waals surface area contributed by atoms with E-state index in [-0.39, 0.29) is 23.5 Å². The molecule has 0 aliphatic heterocycles. The topological polar surface area (TPSA) is 108 Å². The molecule has 1 aromatic carbocycles. The highest BCUT2D eigenvalue weighted by Crippen LogP contribution is 2.28. The van der Waals surface area contributed by atoms with Gasteiger partial charge < -0.3 is 14.8 Å². The van der Waals surface area contributed by atoms with E-state index in [1.807, 2.05) is 16.8 Å². The zero-order valence-electron chi connectivity index (χ0n) is 13.4. The minimum absolute atomic E-state index is 0.145. The molecule has 0 fully saturated rings. The average molecular weight is 364 g/mol. The normalized spacial score (nSPS) is 10.1. The fraction of sp³-hybridized carbons (Fsp3) is 0.250. The third kappa shape index (κ3) is 5.57. The summed E-state index contributed by atoms with van der Waals surface area (Å²) >= 11 is 1.55. The van der Waals surface area contributed by atoms with Crippen LogP contribution in [-0.2, 0) is 20.7 Å². The first-order valence-electron chi connectivity index (χ1n) is 7.28. The van der Waals surface area contributed by atoms with Gasteiger partial charge in [-0.05, 0) is 34.9 Å². The second-order valence-electron chi connectivity index (χ2n) is 4.98. The van der Waals surface area contributed by atoms with Gasteiger partial charge in [0.15, 0.2) is 6.61 Å². The fourth-order valence-electron chi connectivity index (χ4n) is 1.98. The van der Waals surface area contributed by atoms with Crippen LogP contribution in [0.25, 0.3) is 0 Å². The molecule has 25 heavy (non-hydrogen) atoms. The monoisotopic (exact) mass is 364 g/mol. The van der Waals surface area contributed by atoms with Crippen molar-refractivity contribution in [3.63, 3.8) is 0 Å². The molecule has 0 aliphatic rings. The van der Waals surface area contributed by atoms with Gasteiger partial charge in [0.05, 0.1) is 23.8 Å². The van der Waals surface area contributed by atoms with Gasteiger partial charge in [-0.2, -0.15) is 11.3 Å². The number of rotatable bonds is 8. The van der Waals surface area contributed by atoms with Gasteiger partial charge in [-0.25, -0.2) is 0 Å². The lowest BCUT2D eigenvalue weighted by molar-refractivity contribution is -0.384. The van der Waals surface area contributed by atoms with Crippen LogP contribution < -0.4 is 10.1 Å². The summed E-state index contributed by atoms with van der Waals surface area (Å²) < 4.78 is 9.93. The molecule has 1 amide bonds. The van der Waals surface area contributed by atoms with Crippen LogP contribution in [0.3, 0.4) is 0 Å². The standard InChI is InChI=1S/C16H16N2O6S/c1-23-14-8-12(18(21)22)3-4-13(14)17-15(19)9-24-16(20)5-2-11-6-7-25-10-11/h3-4,6-8,10H,2,5,9H2,1H3,(H,17,19). The number of carbonyl (C=O) groups is 2. The van der Waals surface area contributed by atoms with Gasteiger partial charge >= 0.3 is 5.97 Å². The molecule has 0 radical (unpaired) electrons. The molecule has 1 heterocycles. The van der Waals surface area contributed by atoms with Gasteiger partial charge in [0, 0.05) is 12.5 Å². The Balaban J connectivity index is 1.83. The Labute approximate surface area is 147 Å². The van der Waals surface area contributed by atoms with Crippen molar-refractivity contribution in [3.05, 3.63) is 50.7 Å². The maximum Gasteiger partial charge on any atom is 0.306 e. The Morgan fingerprint density at radius 3 is 2.76 bits per heavy atom. The highest BCUT2D eigenvalue weighted by molar-refractivity contribution is 7.07. The highest BCUT2D eigenvalue weighted by atomic mass is 32.1. The molecule has 2 rings (SSSR count). The number of aryl methyl sites for hydroxylation is 1. The van der Waals surface area contributed by atoms with Crippen LogP contribution in [0, 0.1) is 10.1 Å². The number of nitrogens with zero attached hydrogens (tertiary/aromatic N) is 1. The van der Waals surface area contributed by atoms with Crippen molar-refractivity contribution < 1.29 is 24.0 Å². The third-order valence-electron chi connectivity index (χ3n) is 3.23. The molecule has 1 N–H and O–H groups in total. The molecule has 132 valence electrons. The number of nitro benzene ring substituents is 1. The first-order valence-corrected chi connectivity index (χ1v) is 8.23. The number of thiophene rings is 1. The second-order valence-corrected chi connectivity index (χ2v) is 5.76. The molecule has 9 heteroatoms. The number of carbonyl (C=O) groups excluding carboxylic acids is 2. The minimum Gasteiger partial charge on any atom is -0.494 e. The van der Waals surface area contributed by atoms with Gasteiger partial charge in [-0.15, -0.1) is 0 Å². The summed E-state index contributed by atoms with van der Waals surface area (Å²) in [6.07, 6.45) is 0.741. The molecule has 2 aromatic rings. The second kappa shape index (κ2) is 8.78. The number of anilines is 1. The fourth-order valence-corrected chi connectivity index (χ4v) is 2.69. The lowest BCUT2D eigenvalue weighted by Gasteiger charge is -2.10. The zero-order valence-corrected chi connectivity index (χ0v) is 14.2. The van der Waals surface area contributed by atoms with Gasteiger partial charge in [-0.3, -0.25) is 19.7 Å². The van der Waals surface area contributed by atoms with Crippen molar-refractivity contribution in [1.29, 1.82) is 0 Å². The Morgan fingerprint density at radius 2 is 2.12 bits per heavy atom. The van der Waals surface area contributed by atoms with Gasteiger partial charge in [0.25, 0.3) is 11.6 Å². The van der Waals surface area contributed by atoms with Crippen molar-refractivity contribution in [2.45, 2.75) is 12.8 Å². The van der Waals surface area contributed by atoms with Crippen molar-refractivity contribution in [3.8, 4) is 5.75 Å². The number of methoxy groups -OCH3 is 1. The first kappa shape index (κ1) is 18.4. The number of hydrogen-bond acceptors (Lipinski definition) is 7. The van der Waals surface area contributed by atoms with E-state index < -0.39 is 23.4 Å². The summed E-state index contributed by atoms with van der Waals surface area (Å²) in [6.45, 7) is -0.442. The maximum absolute atomic E-state index is 11.9. The van der Waals surface area contributed by atoms with E-state index in [4.69, 9.17) is 9.47 Å². The Kier molecular flexibility index (Phi) is 6.47. The first-order chi connectivity index (χ1) is 12.0. The molecular weight excluding hydrogens is 348 g/mol. The van der Waals surface area contributed by atoms with Crippen LogP contribution in [0.1, 0.15) is 12.0 Å². The summed E-state index contributed by atoms with van der Waals surface area (Å²) in [5.41, 5.74) is 1.14. The molecule has 0 saturated heterocycles. The van der Waals surface area contributed by atoms with E-state index in [1.165, 1.54) is 25.3 Å². The number of ether oxygens (including phenoxy) is 2. The number of esters is 1. The van der Waals surface area contributed by atoms with E-state index in [0.29, 0.717) is 6.42 Å². The third-order valence-corrected chi connectivity index (χ3v) is 3.96. The van der Waals surface area contributed by atoms with Crippen molar-refractivity contribution in [2.75, 3.05) is 19.0 Å². The summed E-state index contributed by atoms with van der Waals surface area (Å²) in [5.74, 6) is -0.889. The van der Waals surface area contributed by atoms with Crippen molar-refractivity contribution >= 4 is 34.6 Å². The van der Waals surface area contributed by atoms with Crippen molar-refractivity contribution in [2.24, 2.45) is 0 Å². The SMILES string of the molecule is COc1cc([N+](=O)[O-])ccc1NC(=O)COC(=O)CCc1ccsc1. The van der Waals surface area contributed by atoms with Crippen LogP contribution in [0.4, 0.5) is 11.4 Å². The lowest BCUT2D eigenvalue weighted by atomic mass is 10.2. The van der Waals surface area contributed by atoms with E-state index in [0.717, 1.165) is 5.56 Å². The minimum atomic E-state index is -0.566. The van der Waals surface area contributed by atoms with E-state index in [9.17, 15) is 19.7 Å². The van der Waals surface area contributed by atoms with Crippen LogP contribution in [-0.4, -0.2) is 30.5 Å². The number of amides is 1. The molecule has 0 atom stereocenters. The number of benzene rings is 1. The molecule has 0 saturated carbocycles. The molecule has 0 aliphatic carbocycles. The number of hydrogen-bond donors (Lipinski definition) is 1. The summed E-state index contributed by atoms with van der Waals surface area (Å²) in [6, 6.07) is 5.71. The van der Waals surface area contributed by atoms with Gasteiger partial charge in [-0.1, -0.05) is 0 Å². The predicted molar refractivity (Wildman–Crippen MR) is 91.9 cm³/mol. The quantitative estimate of drug-likeness (QED) is 0.438. The van der Waals surface area contributed by atoms with Gasteiger partial charge in [0.2, 0.25) is 0 Å². The Hall–Kier alpha value is -2.94. The molecule has 0 unspecified atom stereocenters. The molecule has 0 bridgehead atoms. The smallest absolute Gasteiger partial charge is 0.306 e. The molecular formula is C16H16N2O6S. The van der Waals surface area contributed by atoms with E-state index >= 15 is 0 Å². The lowest BCUT2D eigenvalue weighted by Crippen LogP contribution is -2.21. The maximum atomic E-state index is 11.9. The van der Waals surface area contributed by atoms with Crippen LogP contribution >= 0.6 is 11.3 Å². The molecule has 1 aromatic heterocycles. The molecule has 0 spiro atoms. The summed E-state index contributed by atoms with van der Waals surface area (Å²) in [4.78, 5) is 33.7. The number of nitro groups is 1. The Morgan fingerprint density at radius 1 is 1.32 bits per heavy atom. The Bertz CT molecular complexity index is 760. The van der Waals surface area contributed by atoms with Crippen LogP contribution in [0.15, 0.2) is 35.0 Å². The summed E-state index contributed by atoms with van der Waals surface area (Å²) in [7, 11) is 1.33. The molecule has 8 nitrogen and oxygen atoms in total. The summed E-state index contributed by atoms with van der Waals surface area (Å²) in [5, 5.41) is 17.1. The predicted octanol–water partition coefficient (Wildman–Crippen LogP) is 2.78. The van der Waals surface area contributed by atoms with Gasteiger partial charge in [0.1, 0.15) is 5.75 Å².